The zero-order chi connectivity index (χ0) is 13.5. The molecule has 0 aliphatic rings. The van der Waals surface area contributed by atoms with E-state index in [4.69, 9.17) is 26.3 Å². The van der Waals surface area contributed by atoms with E-state index >= 15 is 0 Å². The molecule has 0 saturated carbocycles. The summed E-state index contributed by atoms with van der Waals surface area (Å²) in [5, 5.41) is 12.5. The summed E-state index contributed by atoms with van der Waals surface area (Å²) in [6, 6.07) is 5.71. The summed E-state index contributed by atoms with van der Waals surface area (Å²) in [5.41, 5.74) is 0.769. The van der Waals surface area contributed by atoms with Crippen LogP contribution in [0.3, 0.4) is 0 Å². The molecule has 0 bridgehead atoms. The molecular weight excluding hydrogens is 252 g/mol. The largest absolute Gasteiger partial charge is 0.495 e. The van der Waals surface area contributed by atoms with E-state index in [0.29, 0.717) is 22.9 Å². The summed E-state index contributed by atoms with van der Waals surface area (Å²) in [5.74, 6) is 1.21. The van der Waals surface area contributed by atoms with Crippen molar-refractivity contribution in [3.63, 3.8) is 0 Å². The molecule has 0 heterocycles. The molecule has 1 atom stereocenters. The zero-order valence-corrected chi connectivity index (χ0v) is 11.5. The van der Waals surface area contributed by atoms with Crippen LogP contribution < -0.4 is 14.8 Å². The van der Waals surface area contributed by atoms with E-state index in [1.54, 1.807) is 26.4 Å². The highest BCUT2D eigenvalue weighted by molar-refractivity contribution is 6.32. The molecular formula is C13H17ClN2O2. The first kappa shape index (κ1) is 14.5. The summed E-state index contributed by atoms with van der Waals surface area (Å²) in [4.78, 5) is 0. The van der Waals surface area contributed by atoms with Gasteiger partial charge in [0.05, 0.1) is 37.4 Å². The van der Waals surface area contributed by atoms with Gasteiger partial charge < -0.3 is 14.8 Å². The average molecular weight is 269 g/mol. The van der Waals surface area contributed by atoms with Gasteiger partial charge in [0.2, 0.25) is 0 Å². The van der Waals surface area contributed by atoms with Gasteiger partial charge in [0, 0.05) is 12.1 Å². The molecule has 0 fully saturated rings. The molecule has 0 aliphatic carbocycles. The second-order valence-electron chi connectivity index (χ2n) is 3.80. The first-order valence-electron chi connectivity index (χ1n) is 5.71. The van der Waals surface area contributed by atoms with Gasteiger partial charge >= 0.3 is 0 Å². The molecule has 0 radical (unpaired) electrons. The first-order chi connectivity index (χ1) is 8.65. The van der Waals surface area contributed by atoms with Crippen LogP contribution in [0.25, 0.3) is 0 Å². The zero-order valence-electron chi connectivity index (χ0n) is 10.8. The molecule has 4 nitrogen and oxygen atoms in total. The maximum atomic E-state index is 8.74. The van der Waals surface area contributed by atoms with Crippen LogP contribution in [-0.2, 0) is 0 Å². The highest BCUT2D eigenvalue weighted by Crippen LogP contribution is 2.36. The predicted molar refractivity (Wildman–Crippen MR) is 72.5 cm³/mol. The lowest BCUT2D eigenvalue weighted by Crippen LogP contribution is -2.18. The Morgan fingerprint density at radius 1 is 1.33 bits per heavy atom. The maximum Gasteiger partial charge on any atom is 0.145 e. The van der Waals surface area contributed by atoms with E-state index < -0.39 is 0 Å². The SMILES string of the molecule is CCC(CC#N)Nc1cc(Cl)c(OC)cc1OC. The number of halogens is 1. The molecule has 1 unspecified atom stereocenters. The number of benzene rings is 1. The summed E-state index contributed by atoms with van der Waals surface area (Å²) in [6.07, 6.45) is 1.28. The third kappa shape index (κ3) is 3.44. The van der Waals surface area contributed by atoms with Gasteiger partial charge in [-0.3, -0.25) is 0 Å². The highest BCUT2D eigenvalue weighted by atomic mass is 35.5. The number of hydrogen-bond donors (Lipinski definition) is 1. The van der Waals surface area contributed by atoms with Gasteiger partial charge in [0.1, 0.15) is 11.5 Å². The summed E-state index contributed by atoms with van der Waals surface area (Å²) in [7, 11) is 3.14. The van der Waals surface area contributed by atoms with Crippen LogP contribution >= 0.6 is 11.6 Å². The minimum absolute atomic E-state index is 0.0772. The average Bonchev–Trinajstić information content (AvgIpc) is 2.38. The third-order valence-electron chi connectivity index (χ3n) is 2.66. The van der Waals surface area contributed by atoms with Gasteiger partial charge in [0.15, 0.2) is 0 Å². The van der Waals surface area contributed by atoms with Crippen LogP contribution in [0.1, 0.15) is 19.8 Å². The number of hydrogen-bond acceptors (Lipinski definition) is 4. The monoisotopic (exact) mass is 268 g/mol. The molecule has 1 aromatic rings. The van der Waals surface area contributed by atoms with Crippen LogP contribution in [0.2, 0.25) is 5.02 Å². The number of nitrogens with one attached hydrogen (secondary N) is 1. The number of nitrogens with zero attached hydrogens (tertiary/aromatic N) is 1. The Hall–Kier alpha value is -1.60. The van der Waals surface area contributed by atoms with Gasteiger partial charge in [-0.25, -0.2) is 0 Å². The van der Waals surface area contributed by atoms with Gasteiger partial charge in [-0.15, -0.1) is 0 Å². The molecule has 18 heavy (non-hydrogen) atoms. The normalized spacial score (nSPS) is 11.5. The van der Waals surface area contributed by atoms with Crippen LogP contribution in [0.4, 0.5) is 5.69 Å². The van der Waals surface area contributed by atoms with E-state index in [1.807, 2.05) is 6.92 Å². The van der Waals surface area contributed by atoms with Crippen molar-refractivity contribution in [1.29, 1.82) is 5.26 Å². The Bertz CT molecular complexity index is 443. The number of anilines is 1. The second-order valence-corrected chi connectivity index (χ2v) is 4.21. The number of ether oxygens (including phenoxy) is 2. The Labute approximate surface area is 112 Å². The van der Waals surface area contributed by atoms with Crippen molar-refractivity contribution >= 4 is 17.3 Å². The van der Waals surface area contributed by atoms with Gasteiger partial charge in [-0.2, -0.15) is 5.26 Å². The standard InChI is InChI=1S/C13H17ClN2O2/c1-4-9(5-6-15)16-11-7-10(14)12(17-2)8-13(11)18-3/h7-9,16H,4-5H2,1-3H3. The van der Waals surface area contributed by atoms with Crippen LogP contribution in [-0.4, -0.2) is 20.3 Å². The lowest BCUT2D eigenvalue weighted by molar-refractivity contribution is 0.395. The summed E-state index contributed by atoms with van der Waals surface area (Å²) >= 11 is 6.08. The Kier molecular flexibility index (Phi) is 5.60. The van der Waals surface area contributed by atoms with E-state index in [2.05, 4.69) is 11.4 Å². The Morgan fingerprint density at radius 2 is 2.00 bits per heavy atom. The molecule has 0 aliphatic heterocycles. The van der Waals surface area contributed by atoms with E-state index in [-0.39, 0.29) is 6.04 Å². The molecule has 98 valence electrons. The number of methoxy groups -OCH3 is 2. The van der Waals surface area contributed by atoms with E-state index in [9.17, 15) is 0 Å². The number of nitriles is 1. The molecule has 1 rings (SSSR count). The first-order valence-corrected chi connectivity index (χ1v) is 6.09. The molecule has 5 heteroatoms. The lowest BCUT2D eigenvalue weighted by Gasteiger charge is -2.18. The van der Waals surface area contributed by atoms with Crippen molar-refractivity contribution in [2.75, 3.05) is 19.5 Å². The van der Waals surface area contributed by atoms with Crippen molar-refractivity contribution in [2.45, 2.75) is 25.8 Å². The smallest absolute Gasteiger partial charge is 0.145 e. The second kappa shape index (κ2) is 6.97. The third-order valence-corrected chi connectivity index (χ3v) is 2.96. The molecule has 0 saturated heterocycles. The fourth-order valence-corrected chi connectivity index (χ4v) is 1.84. The molecule has 0 amide bonds. The molecule has 1 aromatic carbocycles. The highest BCUT2D eigenvalue weighted by Gasteiger charge is 2.13. The van der Waals surface area contributed by atoms with Crippen LogP contribution in [0.15, 0.2) is 12.1 Å². The molecule has 1 N–H and O–H groups in total. The Balaban J connectivity index is 3.00. The van der Waals surface area contributed by atoms with E-state index in [1.165, 1.54) is 0 Å². The van der Waals surface area contributed by atoms with Gasteiger partial charge in [-0.05, 0) is 12.5 Å². The van der Waals surface area contributed by atoms with Gasteiger partial charge in [-0.1, -0.05) is 18.5 Å². The van der Waals surface area contributed by atoms with E-state index in [0.717, 1.165) is 12.1 Å². The summed E-state index contributed by atoms with van der Waals surface area (Å²) in [6.45, 7) is 2.02. The van der Waals surface area contributed by atoms with Crippen molar-refractivity contribution in [2.24, 2.45) is 0 Å². The number of rotatable bonds is 6. The molecule has 0 spiro atoms. The van der Waals surface area contributed by atoms with Crippen molar-refractivity contribution < 1.29 is 9.47 Å². The molecule has 0 aromatic heterocycles. The van der Waals surface area contributed by atoms with Crippen molar-refractivity contribution in [3.05, 3.63) is 17.2 Å². The fourth-order valence-electron chi connectivity index (χ4n) is 1.60. The Morgan fingerprint density at radius 3 is 2.50 bits per heavy atom. The van der Waals surface area contributed by atoms with Crippen LogP contribution in [0, 0.1) is 11.3 Å². The van der Waals surface area contributed by atoms with Crippen molar-refractivity contribution in [3.8, 4) is 17.6 Å². The van der Waals surface area contributed by atoms with Crippen LogP contribution in [0.5, 0.6) is 11.5 Å². The summed E-state index contributed by atoms with van der Waals surface area (Å²) < 4.78 is 10.4. The minimum Gasteiger partial charge on any atom is -0.495 e. The lowest BCUT2D eigenvalue weighted by atomic mass is 10.1. The quantitative estimate of drug-likeness (QED) is 0.858. The minimum atomic E-state index is 0.0772. The van der Waals surface area contributed by atoms with Gasteiger partial charge in [0.25, 0.3) is 0 Å². The topological polar surface area (TPSA) is 54.3 Å². The fraction of sp³-hybridized carbons (Fsp3) is 0.462. The van der Waals surface area contributed by atoms with Crippen molar-refractivity contribution in [1.82, 2.24) is 0 Å². The predicted octanol–water partition coefficient (Wildman–Crippen LogP) is 3.46. The maximum absolute atomic E-state index is 8.74.